The second kappa shape index (κ2) is 3.70. The predicted octanol–water partition coefficient (Wildman–Crippen LogP) is 2.57. The van der Waals surface area contributed by atoms with Gasteiger partial charge in [-0.1, -0.05) is 19.1 Å². The Hall–Kier alpha value is -0.590. The van der Waals surface area contributed by atoms with Crippen LogP contribution in [0.25, 0.3) is 0 Å². The summed E-state index contributed by atoms with van der Waals surface area (Å²) in [7, 11) is 0. The Morgan fingerprint density at radius 2 is 2.45 bits per heavy atom. The lowest BCUT2D eigenvalue weighted by Gasteiger charge is -2.27. The van der Waals surface area contributed by atoms with Gasteiger partial charge in [0, 0.05) is 6.42 Å². The highest BCUT2D eigenvalue weighted by atomic mass is 16.1. The first-order valence-corrected chi connectivity index (χ1v) is 4.35. The van der Waals surface area contributed by atoms with Gasteiger partial charge in [-0.05, 0) is 31.1 Å². The molecule has 1 fully saturated rings. The lowest BCUT2D eigenvalue weighted by atomic mass is 9.78. The Balaban J connectivity index is 2.46. The van der Waals surface area contributed by atoms with Crippen molar-refractivity contribution >= 4 is 6.29 Å². The predicted molar refractivity (Wildman–Crippen MR) is 46.3 cm³/mol. The quantitative estimate of drug-likeness (QED) is 0.439. The van der Waals surface area contributed by atoms with Crippen molar-refractivity contribution in [2.75, 3.05) is 0 Å². The molecule has 0 bridgehead atoms. The summed E-state index contributed by atoms with van der Waals surface area (Å²) < 4.78 is 0. The molecule has 2 atom stereocenters. The molecule has 0 amide bonds. The van der Waals surface area contributed by atoms with Crippen molar-refractivity contribution < 1.29 is 4.79 Å². The summed E-state index contributed by atoms with van der Waals surface area (Å²) >= 11 is 0. The highest BCUT2D eigenvalue weighted by molar-refractivity contribution is 5.50. The van der Waals surface area contributed by atoms with Crippen LogP contribution in [0.15, 0.2) is 12.2 Å². The first-order valence-electron chi connectivity index (χ1n) is 4.35. The molecule has 1 aliphatic carbocycles. The minimum Gasteiger partial charge on any atom is -0.303 e. The second-order valence-corrected chi connectivity index (χ2v) is 3.64. The van der Waals surface area contributed by atoms with E-state index in [-0.39, 0.29) is 0 Å². The molecule has 0 radical (unpaired) electrons. The molecule has 1 nitrogen and oxygen atoms in total. The Kier molecular flexibility index (Phi) is 2.86. The maximum absolute atomic E-state index is 10.3. The lowest BCUT2D eigenvalue weighted by molar-refractivity contribution is -0.108. The van der Waals surface area contributed by atoms with Crippen molar-refractivity contribution in [3.8, 4) is 0 Å². The molecule has 0 aromatic rings. The van der Waals surface area contributed by atoms with E-state index >= 15 is 0 Å². The summed E-state index contributed by atoms with van der Waals surface area (Å²) in [5.74, 6) is 1.27. The van der Waals surface area contributed by atoms with Crippen LogP contribution in [-0.4, -0.2) is 6.29 Å². The molecule has 0 aromatic carbocycles. The van der Waals surface area contributed by atoms with E-state index in [0.717, 1.165) is 25.0 Å². The van der Waals surface area contributed by atoms with Crippen LogP contribution in [-0.2, 0) is 4.79 Å². The summed E-state index contributed by atoms with van der Waals surface area (Å²) in [6.45, 7) is 6.24. The van der Waals surface area contributed by atoms with E-state index in [4.69, 9.17) is 0 Å². The van der Waals surface area contributed by atoms with Crippen LogP contribution < -0.4 is 0 Å². The van der Waals surface area contributed by atoms with Gasteiger partial charge in [0.25, 0.3) is 0 Å². The summed E-state index contributed by atoms with van der Waals surface area (Å²) in [5.41, 5.74) is 1.29. The molecule has 0 heterocycles. The normalized spacial score (nSPS) is 31.9. The van der Waals surface area contributed by atoms with Crippen LogP contribution in [0.1, 0.15) is 32.6 Å². The SMILES string of the molecule is C=C1CCC(C)CC1CC=O. The third kappa shape index (κ3) is 2.18. The molecule has 62 valence electrons. The van der Waals surface area contributed by atoms with E-state index < -0.39 is 0 Å². The Morgan fingerprint density at radius 1 is 1.73 bits per heavy atom. The van der Waals surface area contributed by atoms with Crippen LogP contribution in [0.5, 0.6) is 0 Å². The molecule has 1 rings (SSSR count). The number of carbonyl (C=O) groups excluding carboxylic acids is 1. The number of aldehydes is 1. The number of hydrogen-bond donors (Lipinski definition) is 0. The molecule has 1 aliphatic rings. The first kappa shape index (κ1) is 8.51. The number of carbonyl (C=O) groups is 1. The lowest BCUT2D eigenvalue weighted by Crippen LogP contribution is -2.15. The van der Waals surface area contributed by atoms with Crippen molar-refractivity contribution in [3.05, 3.63) is 12.2 Å². The van der Waals surface area contributed by atoms with Gasteiger partial charge in [0.15, 0.2) is 0 Å². The standard InChI is InChI=1S/C10H16O/c1-8-3-4-9(2)10(7-8)5-6-11/h6,8,10H,2-5,7H2,1H3. The molecule has 0 saturated heterocycles. The molecule has 1 heteroatoms. The topological polar surface area (TPSA) is 17.1 Å². The number of allylic oxidation sites excluding steroid dienone is 1. The van der Waals surface area contributed by atoms with Gasteiger partial charge >= 0.3 is 0 Å². The second-order valence-electron chi connectivity index (χ2n) is 3.64. The number of hydrogen-bond acceptors (Lipinski definition) is 1. The van der Waals surface area contributed by atoms with E-state index in [9.17, 15) is 4.79 Å². The first-order chi connectivity index (χ1) is 5.24. The fourth-order valence-electron chi connectivity index (χ4n) is 1.79. The maximum Gasteiger partial charge on any atom is 0.120 e. The highest BCUT2D eigenvalue weighted by Gasteiger charge is 2.21. The van der Waals surface area contributed by atoms with Crippen molar-refractivity contribution in [1.29, 1.82) is 0 Å². The fraction of sp³-hybridized carbons (Fsp3) is 0.700. The van der Waals surface area contributed by atoms with Gasteiger partial charge in [-0.2, -0.15) is 0 Å². The van der Waals surface area contributed by atoms with Crippen LogP contribution in [0.3, 0.4) is 0 Å². The number of rotatable bonds is 2. The molecule has 0 aliphatic heterocycles. The summed E-state index contributed by atoms with van der Waals surface area (Å²) in [5, 5.41) is 0. The van der Waals surface area contributed by atoms with E-state index in [1.54, 1.807) is 0 Å². The van der Waals surface area contributed by atoms with E-state index in [1.807, 2.05) is 0 Å². The van der Waals surface area contributed by atoms with Crippen molar-refractivity contribution in [1.82, 2.24) is 0 Å². The zero-order valence-corrected chi connectivity index (χ0v) is 7.18. The zero-order chi connectivity index (χ0) is 8.27. The fourth-order valence-corrected chi connectivity index (χ4v) is 1.79. The van der Waals surface area contributed by atoms with Crippen LogP contribution in [0.2, 0.25) is 0 Å². The molecule has 0 aromatic heterocycles. The van der Waals surface area contributed by atoms with Gasteiger partial charge in [0.05, 0.1) is 0 Å². The molecule has 0 spiro atoms. The Morgan fingerprint density at radius 3 is 3.09 bits per heavy atom. The molecular weight excluding hydrogens is 136 g/mol. The minimum atomic E-state index is 0.483. The van der Waals surface area contributed by atoms with Gasteiger partial charge in [-0.3, -0.25) is 0 Å². The van der Waals surface area contributed by atoms with Crippen LogP contribution in [0.4, 0.5) is 0 Å². The van der Waals surface area contributed by atoms with Crippen molar-refractivity contribution in [2.24, 2.45) is 11.8 Å². The van der Waals surface area contributed by atoms with Gasteiger partial charge in [0.1, 0.15) is 6.29 Å². The summed E-state index contributed by atoms with van der Waals surface area (Å²) in [4.78, 5) is 10.3. The smallest absolute Gasteiger partial charge is 0.120 e. The summed E-state index contributed by atoms with van der Waals surface area (Å²) in [6.07, 6.45) is 5.25. The molecule has 1 saturated carbocycles. The van der Waals surface area contributed by atoms with Gasteiger partial charge in [-0.25, -0.2) is 0 Å². The third-order valence-electron chi connectivity index (χ3n) is 2.60. The summed E-state index contributed by atoms with van der Waals surface area (Å²) in [6, 6.07) is 0. The highest BCUT2D eigenvalue weighted by Crippen LogP contribution is 2.33. The van der Waals surface area contributed by atoms with Crippen LogP contribution in [0, 0.1) is 11.8 Å². The van der Waals surface area contributed by atoms with Gasteiger partial charge in [0.2, 0.25) is 0 Å². The average Bonchev–Trinajstić information content (AvgIpc) is 1.98. The Bertz CT molecular complexity index is 160. The van der Waals surface area contributed by atoms with Gasteiger partial charge < -0.3 is 4.79 Å². The van der Waals surface area contributed by atoms with Crippen molar-refractivity contribution in [3.63, 3.8) is 0 Å². The third-order valence-corrected chi connectivity index (χ3v) is 2.60. The average molecular weight is 152 g/mol. The molecule has 2 unspecified atom stereocenters. The van der Waals surface area contributed by atoms with Crippen LogP contribution >= 0.6 is 0 Å². The van der Waals surface area contributed by atoms with E-state index in [2.05, 4.69) is 13.5 Å². The van der Waals surface area contributed by atoms with Gasteiger partial charge in [-0.15, -0.1) is 0 Å². The largest absolute Gasteiger partial charge is 0.303 e. The molecular formula is C10H16O. The monoisotopic (exact) mass is 152 g/mol. The van der Waals surface area contributed by atoms with Crippen molar-refractivity contribution in [2.45, 2.75) is 32.6 Å². The zero-order valence-electron chi connectivity index (χ0n) is 7.18. The minimum absolute atomic E-state index is 0.483. The molecule has 11 heavy (non-hydrogen) atoms. The maximum atomic E-state index is 10.3. The molecule has 0 N–H and O–H groups in total. The van der Waals surface area contributed by atoms with E-state index in [1.165, 1.54) is 12.0 Å². The van der Waals surface area contributed by atoms with E-state index in [0.29, 0.717) is 12.3 Å². The Labute approximate surface area is 68.5 Å².